The minimum Gasteiger partial charge on any atom is -0.402 e. The van der Waals surface area contributed by atoms with Crippen molar-refractivity contribution in [2.45, 2.75) is 32.2 Å². The highest BCUT2D eigenvalue weighted by Crippen LogP contribution is 2.53. The lowest BCUT2D eigenvalue weighted by Crippen LogP contribution is -2.18. The van der Waals surface area contributed by atoms with Crippen LogP contribution in [-0.2, 0) is 0 Å². The molecule has 2 aliphatic rings. The summed E-state index contributed by atoms with van der Waals surface area (Å²) in [7, 11) is 0. The minimum atomic E-state index is -4.82. The van der Waals surface area contributed by atoms with E-state index in [1.165, 1.54) is 12.3 Å². The number of rotatable bonds is 4. The summed E-state index contributed by atoms with van der Waals surface area (Å²) < 4.78 is 43.8. The second-order valence-electron chi connectivity index (χ2n) is 7.18. The fraction of sp³-hybridized carbons (Fsp3) is 0.529. The second-order valence-corrected chi connectivity index (χ2v) is 7.18. The molecule has 4 rings (SSSR count). The summed E-state index contributed by atoms with van der Waals surface area (Å²) in [5.74, 6) is 1.51. The van der Waals surface area contributed by atoms with Crippen LogP contribution in [0.3, 0.4) is 0 Å². The first-order valence-corrected chi connectivity index (χ1v) is 8.55. The molecule has 3 atom stereocenters. The Morgan fingerprint density at radius 3 is 2.62 bits per heavy atom. The molecule has 0 aromatic carbocycles. The number of nitrogens with one attached hydrogen (secondary N) is 1. The first-order valence-electron chi connectivity index (χ1n) is 8.55. The van der Waals surface area contributed by atoms with Crippen molar-refractivity contribution >= 4 is 5.82 Å². The normalized spacial score (nSPS) is 24.8. The van der Waals surface area contributed by atoms with Gasteiger partial charge < -0.3 is 20.4 Å². The molecule has 3 N–H and O–H groups in total. The molecule has 1 saturated heterocycles. The highest BCUT2D eigenvalue weighted by molar-refractivity contribution is 5.64. The van der Waals surface area contributed by atoms with Crippen molar-refractivity contribution in [3.63, 3.8) is 0 Å². The summed E-state index contributed by atoms with van der Waals surface area (Å²) in [6.45, 7) is 6.09. The smallest absolute Gasteiger partial charge is 0.402 e. The van der Waals surface area contributed by atoms with E-state index in [0.717, 1.165) is 18.9 Å². The number of nitrogen functional groups attached to an aromatic ring is 1. The molecule has 9 heteroatoms. The SMILES string of the molecule is CC(C)c1nc(-c2cnc(N)c(OC(F)(F)F)c2)cn1C1[C@H]2CNC[C@@H]12. The molecule has 0 bridgehead atoms. The average molecular weight is 367 g/mol. The molecule has 1 aliphatic heterocycles. The molecule has 0 radical (unpaired) electrons. The second kappa shape index (κ2) is 5.87. The number of alkyl halides is 3. The van der Waals surface area contributed by atoms with E-state index in [0.29, 0.717) is 29.1 Å². The van der Waals surface area contributed by atoms with Gasteiger partial charge >= 0.3 is 6.36 Å². The number of imidazole rings is 1. The van der Waals surface area contributed by atoms with Crippen molar-refractivity contribution in [3.05, 3.63) is 24.3 Å². The maximum absolute atomic E-state index is 12.5. The van der Waals surface area contributed by atoms with Gasteiger partial charge in [-0.3, -0.25) is 0 Å². The van der Waals surface area contributed by atoms with Gasteiger partial charge in [-0.1, -0.05) is 13.8 Å². The Morgan fingerprint density at radius 1 is 1.31 bits per heavy atom. The maximum atomic E-state index is 12.5. The molecule has 1 aliphatic carbocycles. The number of hydrogen-bond donors (Lipinski definition) is 2. The van der Waals surface area contributed by atoms with Gasteiger partial charge in [0.25, 0.3) is 0 Å². The van der Waals surface area contributed by atoms with Gasteiger partial charge in [0.05, 0.1) is 5.69 Å². The minimum absolute atomic E-state index is 0.200. The van der Waals surface area contributed by atoms with E-state index < -0.39 is 12.1 Å². The van der Waals surface area contributed by atoms with Crippen LogP contribution in [-0.4, -0.2) is 34.0 Å². The predicted molar refractivity (Wildman–Crippen MR) is 89.5 cm³/mol. The van der Waals surface area contributed by atoms with Crippen molar-refractivity contribution in [1.29, 1.82) is 0 Å². The number of anilines is 1. The van der Waals surface area contributed by atoms with Gasteiger partial charge in [-0.25, -0.2) is 9.97 Å². The summed E-state index contributed by atoms with van der Waals surface area (Å²) in [5, 5.41) is 3.36. The molecule has 2 aromatic heterocycles. The zero-order valence-corrected chi connectivity index (χ0v) is 14.4. The van der Waals surface area contributed by atoms with Gasteiger partial charge in [0.2, 0.25) is 0 Å². The van der Waals surface area contributed by atoms with E-state index in [2.05, 4.69) is 38.4 Å². The number of fused-ring (bicyclic) bond motifs is 1. The van der Waals surface area contributed by atoms with Crippen LogP contribution in [0.5, 0.6) is 5.75 Å². The van der Waals surface area contributed by atoms with E-state index in [4.69, 9.17) is 5.73 Å². The summed E-state index contributed by atoms with van der Waals surface area (Å²) in [4.78, 5) is 8.50. The number of piperidine rings is 1. The van der Waals surface area contributed by atoms with E-state index in [-0.39, 0.29) is 11.7 Å². The van der Waals surface area contributed by atoms with Gasteiger partial charge in [-0.2, -0.15) is 0 Å². The molecule has 1 unspecified atom stereocenters. The van der Waals surface area contributed by atoms with E-state index in [9.17, 15) is 13.2 Å². The zero-order chi connectivity index (χ0) is 18.6. The Morgan fingerprint density at radius 2 is 2.00 bits per heavy atom. The number of halogens is 3. The Kier molecular flexibility index (Phi) is 3.87. The standard InChI is InChI=1S/C17H20F3N5O/c1-8(2)16-24-12(7-25(16)14-10-5-22-6-11(10)14)9-3-13(15(21)23-4-9)26-17(18,19)20/h3-4,7-8,10-11,14,22H,5-6H2,1-2H3,(H2,21,23)/t10-,11+,14?. The number of aromatic nitrogens is 3. The average Bonchev–Trinajstić information content (AvgIpc) is 2.92. The number of nitrogens with zero attached hydrogens (tertiary/aromatic N) is 3. The number of hydrogen-bond acceptors (Lipinski definition) is 5. The third-order valence-electron chi connectivity index (χ3n) is 5.05. The fourth-order valence-electron chi connectivity index (χ4n) is 3.81. The molecule has 2 fully saturated rings. The lowest BCUT2D eigenvalue weighted by molar-refractivity contribution is -0.274. The highest BCUT2D eigenvalue weighted by atomic mass is 19.4. The van der Waals surface area contributed by atoms with Crippen molar-refractivity contribution in [1.82, 2.24) is 19.9 Å². The van der Waals surface area contributed by atoms with E-state index in [1.807, 2.05) is 6.20 Å². The fourth-order valence-corrected chi connectivity index (χ4v) is 3.81. The quantitative estimate of drug-likeness (QED) is 0.869. The largest absolute Gasteiger partial charge is 0.573 e. The number of pyridine rings is 1. The first-order chi connectivity index (χ1) is 12.2. The number of ether oxygens (including phenoxy) is 1. The van der Waals surface area contributed by atoms with Crippen LogP contribution in [0.4, 0.5) is 19.0 Å². The van der Waals surface area contributed by atoms with E-state index >= 15 is 0 Å². The summed E-state index contributed by atoms with van der Waals surface area (Å²) >= 11 is 0. The molecule has 2 aromatic rings. The van der Waals surface area contributed by atoms with E-state index in [1.54, 1.807) is 0 Å². The summed E-state index contributed by atoms with van der Waals surface area (Å²) in [5.41, 5.74) is 6.53. The van der Waals surface area contributed by atoms with Gasteiger partial charge in [-0.15, -0.1) is 13.2 Å². The van der Waals surface area contributed by atoms with Crippen LogP contribution in [0.15, 0.2) is 18.5 Å². The van der Waals surface area contributed by atoms with Crippen molar-refractivity contribution < 1.29 is 17.9 Å². The molecular weight excluding hydrogens is 347 g/mol. The van der Waals surface area contributed by atoms with Crippen molar-refractivity contribution in [2.24, 2.45) is 11.8 Å². The van der Waals surface area contributed by atoms with Crippen LogP contribution in [0.25, 0.3) is 11.3 Å². The van der Waals surface area contributed by atoms with Crippen molar-refractivity contribution in [2.75, 3.05) is 18.8 Å². The maximum Gasteiger partial charge on any atom is 0.573 e. The van der Waals surface area contributed by atoms with Gasteiger partial charge in [0.15, 0.2) is 11.6 Å². The molecule has 26 heavy (non-hydrogen) atoms. The Labute approximate surface area is 148 Å². The summed E-state index contributed by atoms with van der Waals surface area (Å²) in [6.07, 6.45) is -1.50. The van der Waals surface area contributed by atoms with Gasteiger partial charge in [-0.05, 0) is 17.9 Å². The molecule has 0 amide bonds. The topological polar surface area (TPSA) is 78.0 Å². The lowest BCUT2D eigenvalue weighted by Gasteiger charge is -2.12. The Hall–Kier alpha value is -2.29. The van der Waals surface area contributed by atoms with Gasteiger partial charge in [0.1, 0.15) is 5.82 Å². The van der Waals surface area contributed by atoms with Crippen LogP contribution in [0, 0.1) is 11.8 Å². The third kappa shape index (κ3) is 3.00. The molecule has 1 saturated carbocycles. The highest BCUT2D eigenvalue weighted by Gasteiger charge is 2.54. The van der Waals surface area contributed by atoms with Crippen molar-refractivity contribution in [3.8, 4) is 17.0 Å². The molecule has 0 spiro atoms. The van der Waals surface area contributed by atoms with Crippen LogP contribution >= 0.6 is 0 Å². The zero-order valence-electron chi connectivity index (χ0n) is 14.4. The molecular formula is C17H20F3N5O. The molecule has 6 nitrogen and oxygen atoms in total. The van der Waals surface area contributed by atoms with Crippen LogP contribution < -0.4 is 15.8 Å². The first kappa shape index (κ1) is 17.1. The van der Waals surface area contributed by atoms with Crippen LogP contribution in [0.1, 0.15) is 31.6 Å². The lowest BCUT2D eigenvalue weighted by atomic mass is 10.2. The Balaban J connectivity index is 1.69. The van der Waals surface area contributed by atoms with Crippen LogP contribution in [0.2, 0.25) is 0 Å². The molecule has 140 valence electrons. The van der Waals surface area contributed by atoms with Gasteiger partial charge in [0, 0.05) is 43.0 Å². The number of nitrogens with two attached hydrogens (primary N) is 1. The monoisotopic (exact) mass is 367 g/mol. The Bertz CT molecular complexity index is 822. The molecule has 3 heterocycles. The predicted octanol–water partition coefficient (Wildman–Crippen LogP) is 2.94. The third-order valence-corrected chi connectivity index (χ3v) is 5.05. The summed E-state index contributed by atoms with van der Waals surface area (Å²) in [6, 6.07) is 1.64.